The SMILES string of the molecule is O=C(O)CC(c1ccccc1)N1CCCC2CCCC21. The zero-order valence-corrected chi connectivity index (χ0v) is 11.9. The fourth-order valence-electron chi connectivity index (χ4n) is 4.15. The Morgan fingerprint density at radius 3 is 2.70 bits per heavy atom. The van der Waals surface area contributed by atoms with Crippen molar-refractivity contribution in [2.75, 3.05) is 6.54 Å². The van der Waals surface area contributed by atoms with Gasteiger partial charge < -0.3 is 5.11 Å². The van der Waals surface area contributed by atoms with Crippen molar-refractivity contribution >= 4 is 5.97 Å². The van der Waals surface area contributed by atoms with Gasteiger partial charge in [-0.25, -0.2) is 0 Å². The number of carboxylic acid groups (broad SMARTS) is 1. The molecule has 1 aliphatic carbocycles. The van der Waals surface area contributed by atoms with Crippen molar-refractivity contribution in [2.24, 2.45) is 5.92 Å². The Morgan fingerprint density at radius 2 is 1.95 bits per heavy atom. The minimum Gasteiger partial charge on any atom is -0.481 e. The van der Waals surface area contributed by atoms with Gasteiger partial charge >= 0.3 is 5.97 Å². The quantitative estimate of drug-likeness (QED) is 0.913. The Hall–Kier alpha value is -1.35. The molecule has 0 spiro atoms. The van der Waals surface area contributed by atoms with Crippen LogP contribution in [0.15, 0.2) is 30.3 Å². The van der Waals surface area contributed by atoms with Crippen LogP contribution in [0.5, 0.6) is 0 Å². The van der Waals surface area contributed by atoms with Crippen LogP contribution in [0.4, 0.5) is 0 Å². The number of nitrogens with zero attached hydrogens (tertiary/aromatic N) is 1. The molecule has 3 unspecified atom stereocenters. The molecule has 0 amide bonds. The molecule has 3 rings (SSSR count). The predicted octanol–water partition coefficient (Wildman–Crippen LogP) is 3.47. The van der Waals surface area contributed by atoms with Crippen LogP contribution in [0.1, 0.15) is 50.1 Å². The van der Waals surface area contributed by atoms with Crippen molar-refractivity contribution in [3.63, 3.8) is 0 Å². The molecule has 1 aromatic rings. The minimum atomic E-state index is -0.695. The average Bonchev–Trinajstić information content (AvgIpc) is 2.94. The van der Waals surface area contributed by atoms with Crippen molar-refractivity contribution in [3.05, 3.63) is 35.9 Å². The van der Waals surface area contributed by atoms with E-state index in [2.05, 4.69) is 17.0 Å². The van der Waals surface area contributed by atoms with Crippen LogP contribution >= 0.6 is 0 Å². The highest BCUT2D eigenvalue weighted by molar-refractivity contribution is 5.68. The fourth-order valence-corrected chi connectivity index (χ4v) is 4.15. The molecular formula is C17H23NO2. The van der Waals surface area contributed by atoms with Gasteiger partial charge in [-0.3, -0.25) is 9.69 Å². The van der Waals surface area contributed by atoms with Crippen LogP contribution in [-0.2, 0) is 4.79 Å². The number of fused-ring (bicyclic) bond motifs is 1. The van der Waals surface area contributed by atoms with Crippen LogP contribution in [0.25, 0.3) is 0 Å². The van der Waals surface area contributed by atoms with Crippen molar-refractivity contribution in [2.45, 2.75) is 50.6 Å². The van der Waals surface area contributed by atoms with Crippen molar-refractivity contribution < 1.29 is 9.90 Å². The zero-order chi connectivity index (χ0) is 13.9. The summed E-state index contributed by atoms with van der Waals surface area (Å²) in [6.45, 7) is 1.05. The Morgan fingerprint density at radius 1 is 1.20 bits per heavy atom. The Bertz CT molecular complexity index is 459. The Labute approximate surface area is 120 Å². The lowest BCUT2D eigenvalue weighted by atomic mass is 9.88. The van der Waals surface area contributed by atoms with Crippen LogP contribution in [0.3, 0.4) is 0 Å². The largest absolute Gasteiger partial charge is 0.481 e. The monoisotopic (exact) mass is 273 g/mol. The van der Waals surface area contributed by atoms with Crippen LogP contribution in [0, 0.1) is 5.92 Å². The zero-order valence-electron chi connectivity index (χ0n) is 11.9. The highest BCUT2D eigenvalue weighted by Crippen LogP contribution is 2.41. The third kappa shape index (κ3) is 2.73. The van der Waals surface area contributed by atoms with Gasteiger partial charge in [-0.1, -0.05) is 36.8 Å². The van der Waals surface area contributed by atoms with E-state index in [9.17, 15) is 9.90 Å². The van der Waals surface area contributed by atoms with Gasteiger partial charge in [-0.2, -0.15) is 0 Å². The van der Waals surface area contributed by atoms with E-state index in [-0.39, 0.29) is 12.5 Å². The smallest absolute Gasteiger partial charge is 0.305 e. The second-order valence-electron chi connectivity index (χ2n) is 6.16. The van der Waals surface area contributed by atoms with Crippen LogP contribution in [-0.4, -0.2) is 28.6 Å². The van der Waals surface area contributed by atoms with Gasteiger partial charge in [0.05, 0.1) is 6.42 Å². The van der Waals surface area contributed by atoms with Crippen molar-refractivity contribution in [3.8, 4) is 0 Å². The van der Waals surface area contributed by atoms with Gasteiger partial charge in [0.1, 0.15) is 0 Å². The summed E-state index contributed by atoms with van der Waals surface area (Å²) in [4.78, 5) is 13.8. The average molecular weight is 273 g/mol. The molecule has 0 aromatic heterocycles. The second-order valence-corrected chi connectivity index (χ2v) is 6.16. The number of carboxylic acids is 1. The van der Waals surface area contributed by atoms with E-state index >= 15 is 0 Å². The predicted molar refractivity (Wildman–Crippen MR) is 78.5 cm³/mol. The number of carbonyl (C=O) groups is 1. The molecular weight excluding hydrogens is 250 g/mol. The van der Waals surface area contributed by atoms with E-state index in [0.29, 0.717) is 6.04 Å². The molecule has 3 heteroatoms. The maximum absolute atomic E-state index is 11.3. The Kier molecular flexibility index (Phi) is 4.06. The standard InChI is InChI=1S/C17H23NO2/c19-17(20)12-16(14-6-2-1-3-7-14)18-11-5-9-13-8-4-10-15(13)18/h1-3,6-7,13,15-16H,4-5,8-12H2,(H,19,20). The van der Waals surface area contributed by atoms with Gasteiger partial charge in [0, 0.05) is 12.1 Å². The normalized spacial score (nSPS) is 28.0. The number of piperidine rings is 1. The summed E-state index contributed by atoms with van der Waals surface area (Å²) < 4.78 is 0. The molecule has 3 atom stereocenters. The van der Waals surface area contributed by atoms with E-state index in [0.717, 1.165) is 18.0 Å². The molecule has 1 saturated carbocycles. The highest BCUT2D eigenvalue weighted by atomic mass is 16.4. The number of hydrogen-bond donors (Lipinski definition) is 1. The summed E-state index contributed by atoms with van der Waals surface area (Å²) in [5, 5.41) is 9.29. The molecule has 20 heavy (non-hydrogen) atoms. The summed E-state index contributed by atoms with van der Waals surface area (Å²) >= 11 is 0. The number of likely N-dealkylation sites (tertiary alicyclic amines) is 1. The van der Waals surface area contributed by atoms with E-state index in [1.54, 1.807) is 0 Å². The Balaban J connectivity index is 1.86. The van der Waals surface area contributed by atoms with Gasteiger partial charge in [0.2, 0.25) is 0 Å². The lowest BCUT2D eigenvalue weighted by molar-refractivity contribution is -0.139. The van der Waals surface area contributed by atoms with Gasteiger partial charge in [-0.05, 0) is 43.7 Å². The highest BCUT2D eigenvalue weighted by Gasteiger charge is 2.39. The number of aliphatic carboxylic acids is 1. The first-order valence-electron chi connectivity index (χ1n) is 7.78. The molecule has 3 nitrogen and oxygen atoms in total. The molecule has 0 radical (unpaired) electrons. The van der Waals surface area contributed by atoms with E-state index < -0.39 is 5.97 Å². The molecule has 1 aromatic carbocycles. The molecule has 1 saturated heterocycles. The van der Waals surface area contributed by atoms with E-state index in [1.807, 2.05) is 18.2 Å². The maximum Gasteiger partial charge on any atom is 0.305 e. The molecule has 2 fully saturated rings. The topological polar surface area (TPSA) is 40.5 Å². The van der Waals surface area contributed by atoms with Crippen molar-refractivity contribution in [1.29, 1.82) is 0 Å². The van der Waals surface area contributed by atoms with E-state index in [1.165, 1.54) is 32.1 Å². The maximum atomic E-state index is 11.3. The first-order valence-corrected chi connectivity index (χ1v) is 7.78. The van der Waals surface area contributed by atoms with Gasteiger partial charge in [-0.15, -0.1) is 0 Å². The summed E-state index contributed by atoms with van der Waals surface area (Å²) in [5.41, 5.74) is 1.16. The summed E-state index contributed by atoms with van der Waals surface area (Å²) in [6, 6.07) is 10.8. The lowest BCUT2D eigenvalue weighted by Gasteiger charge is -2.42. The second kappa shape index (κ2) is 5.96. The molecule has 1 N–H and O–H groups in total. The van der Waals surface area contributed by atoms with Crippen LogP contribution in [0.2, 0.25) is 0 Å². The third-order valence-corrected chi connectivity index (χ3v) is 4.99. The summed E-state index contributed by atoms with van der Waals surface area (Å²) in [7, 11) is 0. The number of benzene rings is 1. The molecule has 1 heterocycles. The first kappa shape index (κ1) is 13.6. The lowest BCUT2D eigenvalue weighted by Crippen LogP contribution is -2.45. The van der Waals surface area contributed by atoms with Crippen LogP contribution < -0.4 is 0 Å². The third-order valence-electron chi connectivity index (χ3n) is 4.99. The first-order chi connectivity index (χ1) is 9.75. The molecule has 2 aliphatic rings. The molecule has 108 valence electrons. The molecule has 1 aliphatic heterocycles. The summed E-state index contributed by atoms with van der Waals surface area (Å²) in [5.74, 6) is 0.0998. The van der Waals surface area contributed by atoms with E-state index in [4.69, 9.17) is 0 Å². The molecule has 0 bridgehead atoms. The van der Waals surface area contributed by atoms with Gasteiger partial charge in [0.15, 0.2) is 0 Å². The van der Waals surface area contributed by atoms with Crippen molar-refractivity contribution in [1.82, 2.24) is 4.90 Å². The summed E-state index contributed by atoms with van der Waals surface area (Å²) in [6.07, 6.45) is 6.64. The minimum absolute atomic E-state index is 0.0413. The number of rotatable bonds is 4. The fraction of sp³-hybridized carbons (Fsp3) is 0.588. The van der Waals surface area contributed by atoms with Gasteiger partial charge in [0.25, 0.3) is 0 Å². The number of hydrogen-bond acceptors (Lipinski definition) is 2.